The number of nitrogens with zero attached hydrogens (tertiary/aromatic N) is 3. The van der Waals surface area contributed by atoms with Crippen LogP contribution in [0.2, 0.25) is 0 Å². The van der Waals surface area contributed by atoms with Gasteiger partial charge in [-0.3, -0.25) is 14.4 Å². The van der Waals surface area contributed by atoms with Crippen molar-refractivity contribution in [3.63, 3.8) is 0 Å². The number of alkyl halides is 6. The first-order valence-corrected chi connectivity index (χ1v) is 13.1. The summed E-state index contributed by atoms with van der Waals surface area (Å²) in [6.45, 7) is 0.544. The Morgan fingerprint density at radius 2 is 1.76 bits per heavy atom. The van der Waals surface area contributed by atoms with E-state index >= 15 is 0 Å². The molecule has 2 aromatic carbocycles. The second-order valence-electron chi connectivity index (χ2n) is 9.43. The number of hydrogen-bond acceptors (Lipinski definition) is 7. The highest BCUT2D eigenvalue weighted by atomic mass is 32.1. The zero-order valence-corrected chi connectivity index (χ0v) is 21.8. The maximum Gasteiger partial charge on any atom is 0.439 e. The van der Waals surface area contributed by atoms with Crippen LogP contribution in [0.25, 0.3) is 22.0 Å². The fourth-order valence-electron chi connectivity index (χ4n) is 4.45. The quantitative estimate of drug-likeness (QED) is 0.238. The number of aromatic nitrogens is 3. The van der Waals surface area contributed by atoms with Gasteiger partial charge in [-0.15, -0.1) is 11.3 Å². The van der Waals surface area contributed by atoms with Crippen molar-refractivity contribution in [2.45, 2.75) is 38.3 Å². The summed E-state index contributed by atoms with van der Waals surface area (Å²) < 4.78 is 103. The molecule has 1 aliphatic heterocycles. The van der Waals surface area contributed by atoms with Crippen LogP contribution >= 0.6 is 11.3 Å². The number of thiazole rings is 1. The highest BCUT2D eigenvalue weighted by Gasteiger charge is 2.41. The molecule has 0 atom stereocenters. The van der Waals surface area contributed by atoms with Gasteiger partial charge in [-0.2, -0.15) is 26.3 Å². The molecule has 1 fully saturated rings. The van der Waals surface area contributed by atoms with Gasteiger partial charge in [0.15, 0.2) is 5.82 Å². The molecular weight excluding hydrogens is 581 g/mol. The fourth-order valence-corrected chi connectivity index (χ4v) is 5.44. The van der Waals surface area contributed by atoms with E-state index in [2.05, 4.69) is 19.6 Å². The van der Waals surface area contributed by atoms with Gasteiger partial charge in [0, 0.05) is 18.2 Å². The van der Waals surface area contributed by atoms with Gasteiger partial charge in [0.2, 0.25) is 0 Å². The van der Waals surface area contributed by atoms with Crippen LogP contribution in [0.3, 0.4) is 0 Å². The molecule has 0 bridgehead atoms. The van der Waals surface area contributed by atoms with Crippen LogP contribution < -0.4 is 10.5 Å². The number of aromatic amines is 1. The van der Waals surface area contributed by atoms with Crippen molar-refractivity contribution in [2.24, 2.45) is 5.92 Å². The summed E-state index contributed by atoms with van der Waals surface area (Å²) in [6, 6.07) is 8.36. The van der Waals surface area contributed by atoms with Gasteiger partial charge in [-0.1, -0.05) is 17.3 Å². The van der Waals surface area contributed by atoms with Crippen molar-refractivity contribution < 1.29 is 40.0 Å². The Bertz CT molecular complexity index is 1550. The molecule has 1 N–H and O–H groups in total. The molecule has 0 aliphatic carbocycles. The Morgan fingerprint density at radius 3 is 2.34 bits per heavy atom. The topological polar surface area (TPSA) is 84.3 Å². The average Bonchev–Trinajstić information content (AvgIpc) is 3.53. The number of likely N-dealkylation sites (tertiary alicyclic amines) is 1. The normalized spacial score (nSPS) is 15.4. The Morgan fingerprint density at radius 1 is 1.05 bits per heavy atom. The Labute approximate surface area is 231 Å². The van der Waals surface area contributed by atoms with E-state index in [-0.39, 0.29) is 56.2 Å². The van der Waals surface area contributed by atoms with Crippen LogP contribution in [-0.2, 0) is 19.3 Å². The molecule has 4 aromatic rings. The first-order chi connectivity index (χ1) is 19.4. The molecule has 15 heteroatoms. The first-order valence-electron chi connectivity index (χ1n) is 12.3. The monoisotopic (exact) mass is 602 g/mol. The highest BCUT2D eigenvalue weighted by Crippen LogP contribution is 2.37. The third kappa shape index (κ3) is 6.78. The van der Waals surface area contributed by atoms with E-state index in [9.17, 15) is 35.5 Å². The number of hydrogen-bond donors (Lipinski definition) is 1. The summed E-state index contributed by atoms with van der Waals surface area (Å²) in [6.07, 6.45) is -8.85. The fraction of sp³-hybridized carbons (Fsp3) is 0.346. The third-order valence-corrected chi connectivity index (χ3v) is 7.79. The zero-order chi connectivity index (χ0) is 29.4. The van der Waals surface area contributed by atoms with Crippen LogP contribution in [0.1, 0.15) is 29.0 Å². The summed E-state index contributed by atoms with van der Waals surface area (Å²) in [7, 11) is 0. The summed E-state index contributed by atoms with van der Waals surface area (Å²) >= 11 is 1.17. The summed E-state index contributed by atoms with van der Waals surface area (Å²) in [5.74, 6) is -2.91. The molecule has 0 saturated carbocycles. The van der Waals surface area contributed by atoms with E-state index in [4.69, 9.17) is 4.74 Å². The number of H-pyrrole nitrogens is 1. The molecule has 0 unspecified atom stereocenters. The van der Waals surface area contributed by atoms with Crippen molar-refractivity contribution in [1.29, 1.82) is 0 Å². The maximum atomic E-state index is 14.7. The zero-order valence-electron chi connectivity index (χ0n) is 21.0. The molecule has 1 saturated heterocycles. The molecule has 0 amide bonds. The standard InChI is InChI=1S/C26H21F7N4O3S/c27-19-11-17(5-6-18(19)22-35-24(38)40-36-22)39-13-21-20(12-37-9-7-16(8-10-37)26(31,32)33)34-23(41-21)14-1-3-15(4-2-14)25(28,29)30/h1-6,11,16H,7-10,12-13H2,(H,35,36,38). The van der Waals surface area contributed by atoms with Crippen LogP contribution in [0.4, 0.5) is 30.7 Å². The molecule has 3 heterocycles. The number of nitrogens with one attached hydrogen (secondary N) is 1. The van der Waals surface area contributed by atoms with Gasteiger partial charge >= 0.3 is 18.1 Å². The Hall–Kier alpha value is -3.72. The van der Waals surface area contributed by atoms with Gasteiger partial charge in [-0.05, 0) is 50.2 Å². The van der Waals surface area contributed by atoms with E-state index in [1.807, 2.05) is 4.90 Å². The van der Waals surface area contributed by atoms with E-state index in [0.717, 1.165) is 18.2 Å². The van der Waals surface area contributed by atoms with Crippen LogP contribution in [0.15, 0.2) is 51.8 Å². The summed E-state index contributed by atoms with van der Waals surface area (Å²) in [5, 5.41) is 3.86. The molecule has 5 rings (SSSR count). The molecule has 0 spiro atoms. The minimum absolute atomic E-state index is 0.0199. The molecular formula is C26H21F7N4O3S. The SMILES string of the molecule is O=c1[nH]c(-c2ccc(OCc3sc(-c4ccc(C(F)(F)F)cc4)nc3CN3CCC(C(F)(F)F)CC3)cc2F)no1. The van der Waals surface area contributed by atoms with Gasteiger partial charge in [0.05, 0.1) is 27.6 Å². The average molecular weight is 603 g/mol. The minimum atomic E-state index is -4.50. The molecule has 218 valence electrons. The van der Waals surface area contributed by atoms with E-state index in [1.165, 1.54) is 35.6 Å². The lowest BCUT2D eigenvalue weighted by atomic mass is 9.96. The van der Waals surface area contributed by atoms with Crippen molar-refractivity contribution in [3.05, 3.63) is 75.0 Å². The van der Waals surface area contributed by atoms with Gasteiger partial charge < -0.3 is 4.74 Å². The molecule has 7 nitrogen and oxygen atoms in total. The lowest BCUT2D eigenvalue weighted by molar-refractivity contribution is -0.185. The van der Waals surface area contributed by atoms with Gasteiger partial charge in [0.25, 0.3) is 0 Å². The highest BCUT2D eigenvalue weighted by molar-refractivity contribution is 7.15. The van der Waals surface area contributed by atoms with E-state index in [0.29, 0.717) is 21.1 Å². The maximum absolute atomic E-state index is 14.7. The van der Waals surface area contributed by atoms with E-state index < -0.39 is 35.4 Å². The Kier molecular flexibility index (Phi) is 7.92. The third-order valence-electron chi connectivity index (χ3n) is 6.67. The second kappa shape index (κ2) is 11.3. The first kappa shape index (κ1) is 28.8. The number of halogens is 7. The Balaban J connectivity index is 1.36. The smallest absolute Gasteiger partial charge is 0.439 e. The van der Waals surface area contributed by atoms with Crippen LogP contribution in [0, 0.1) is 11.7 Å². The number of piperidine rings is 1. The summed E-state index contributed by atoms with van der Waals surface area (Å²) in [4.78, 5) is 20.4. The van der Waals surface area contributed by atoms with Crippen LogP contribution in [0.5, 0.6) is 5.75 Å². The van der Waals surface area contributed by atoms with Crippen molar-refractivity contribution in [2.75, 3.05) is 13.1 Å². The molecule has 0 radical (unpaired) electrons. The number of ether oxygens (including phenoxy) is 1. The number of rotatable bonds is 7. The minimum Gasteiger partial charge on any atom is -0.488 e. The summed E-state index contributed by atoms with van der Waals surface area (Å²) in [5.41, 5.74) is 0.110. The molecule has 1 aliphatic rings. The largest absolute Gasteiger partial charge is 0.488 e. The lowest BCUT2D eigenvalue weighted by Crippen LogP contribution is -2.38. The predicted molar refractivity (Wildman–Crippen MR) is 133 cm³/mol. The van der Waals surface area contributed by atoms with Crippen molar-refractivity contribution in [3.8, 4) is 27.7 Å². The lowest BCUT2D eigenvalue weighted by Gasteiger charge is -2.32. The second-order valence-corrected chi connectivity index (χ2v) is 10.5. The van der Waals surface area contributed by atoms with Gasteiger partial charge in [0.1, 0.15) is 23.2 Å². The predicted octanol–water partition coefficient (Wildman–Crippen LogP) is 6.66. The molecule has 2 aromatic heterocycles. The van der Waals surface area contributed by atoms with Gasteiger partial charge in [-0.25, -0.2) is 14.2 Å². The molecule has 41 heavy (non-hydrogen) atoms. The van der Waals surface area contributed by atoms with E-state index in [1.54, 1.807) is 0 Å². The van der Waals surface area contributed by atoms with Crippen molar-refractivity contribution >= 4 is 11.3 Å². The van der Waals surface area contributed by atoms with Crippen LogP contribution in [-0.4, -0.2) is 39.3 Å². The number of benzene rings is 2. The van der Waals surface area contributed by atoms with Crippen molar-refractivity contribution in [1.82, 2.24) is 20.0 Å².